The van der Waals surface area contributed by atoms with E-state index in [9.17, 15) is 14.4 Å². The van der Waals surface area contributed by atoms with Crippen LogP contribution in [-0.2, 0) is 25.8 Å². The molecule has 38 heavy (non-hydrogen) atoms. The number of hydrogen-bond donors (Lipinski definition) is 2. The molecule has 0 saturated heterocycles. The Bertz CT molecular complexity index is 1290. The van der Waals surface area contributed by atoms with Crippen molar-refractivity contribution in [3.05, 3.63) is 18.0 Å². The highest BCUT2D eigenvalue weighted by Crippen LogP contribution is 2.40. The Kier molecular flexibility index (Phi) is 6.31. The Morgan fingerprint density at radius 1 is 1.13 bits per heavy atom. The first-order valence-electron chi connectivity index (χ1n) is 13.9. The molecule has 0 aromatic carbocycles. The van der Waals surface area contributed by atoms with Crippen LogP contribution < -0.4 is 11.1 Å². The molecule has 11 nitrogen and oxygen atoms in total. The number of oxime groups is 1. The van der Waals surface area contributed by atoms with Crippen molar-refractivity contribution in [3.8, 4) is 0 Å². The summed E-state index contributed by atoms with van der Waals surface area (Å²) in [5, 5.41) is 13.2. The quantitative estimate of drug-likeness (QED) is 0.508. The Balaban J connectivity index is 1.34. The van der Waals surface area contributed by atoms with E-state index >= 15 is 0 Å². The highest BCUT2D eigenvalue weighted by atomic mass is 16.7. The fourth-order valence-electron chi connectivity index (χ4n) is 6.02. The van der Waals surface area contributed by atoms with Gasteiger partial charge < -0.3 is 20.8 Å². The van der Waals surface area contributed by atoms with Crippen LogP contribution in [0.2, 0.25) is 0 Å². The van der Waals surface area contributed by atoms with Gasteiger partial charge in [-0.2, -0.15) is 5.10 Å². The summed E-state index contributed by atoms with van der Waals surface area (Å²) in [6.07, 6.45) is 11.8. The molecule has 2 amide bonds. The highest BCUT2D eigenvalue weighted by Gasteiger charge is 2.57. The molecule has 1 atom stereocenters. The SMILES string of the molecule is CCn1ncc2c(NC3CCC(=O)CC3)c(C3=NOC(C(N)=O)(C(=O)N(C4CCC4)C4CCC4)C3)cnc21. The molecule has 2 aromatic rings. The molecule has 3 N–H and O–H groups in total. The molecular formula is C27H35N7O4. The predicted octanol–water partition coefficient (Wildman–Crippen LogP) is 2.66. The number of hydrogen-bond acceptors (Lipinski definition) is 8. The summed E-state index contributed by atoms with van der Waals surface area (Å²) in [5.41, 5.74) is 6.62. The van der Waals surface area contributed by atoms with Gasteiger partial charge in [-0.1, -0.05) is 5.16 Å². The molecule has 0 spiro atoms. The smallest absolute Gasteiger partial charge is 0.297 e. The van der Waals surface area contributed by atoms with Gasteiger partial charge in [0.1, 0.15) is 5.78 Å². The third kappa shape index (κ3) is 4.03. The summed E-state index contributed by atoms with van der Waals surface area (Å²) >= 11 is 0. The average Bonchev–Trinajstić information content (AvgIpc) is 3.48. The largest absolute Gasteiger partial charge is 0.381 e. The molecule has 3 aliphatic carbocycles. The number of rotatable bonds is 8. The number of ketones is 1. The van der Waals surface area contributed by atoms with Crippen molar-refractivity contribution in [2.24, 2.45) is 10.9 Å². The van der Waals surface area contributed by atoms with Gasteiger partial charge in [-0.05, 0) is 58.3 Å². The molecule has 2 aromatic heterocycles. The Labute approximate surface area is 221 Å². The van der Waals surface area contributed by atoms with Gasteiger partial charge in [0.25, 0.3) is 17.4 Å². The number of nitrogens with one attached hydrogen (secondary N) is 1. The lowest BCUT2D eigenvalue weighted by atomic mass is 9.82. The summed E-state index contributed by atoms with van der Waals surface area (Å²) in [6, 6.07) is 0.349. The summed E-state index contributed by atoms with van der Waals surface area (Å²) < 4.78 is 1.81. The normalized spacial score (nSPS) is 24.4. The van der Waals surface area contributed by atoms with Gasteiger partial charge in [-0.25, -0.2) is 9.67 Å². The van der Waals surface area contributed by atoms with Gasteiger partial charge in [0.15, 0.2) is 5.65 Å². The number of amides is 2. The lowest BCUT2D eigenvalue weighted by Crippen LogP contribution is -2.63. The number of Topliss-reactive ketones (excluding diaryl/α,β-unsaturated/α-hetero) is 1. The summed E-state index contributed by atoms with van der Waals surface area (Å²) in [4.78, 5) is 51.0. The van der Waals surface area contributed by atoms with Crippen LogP contribution in [0.4, 0.5) is 5.69 Å². The van der Waals surface area contributed by atoms with E-state index < -0.39 is 11.5 Å². The standard InChI is InChI=1S/C27H35N7O4/c1-2-33-24-21(15-30-33)23(31-16-9-11-19(35)12-10-16)20(14-29-24)22-13-27(25(28)36,38-32-22)26(37)34(17-5-3-6-17)18-7-4-8-18/h14-18H,2-13H2,1H3,(H2,28,36)(H,29,31). The number of pyridine rings is 1. The Hall–Kier alpha value is -3.50. The highest BCUT2D eigenvalue weighted by molar-refractivity contribution is 6.18. The van der Waals surface area contributed by atoms with Crippen LogP contribution in [0.3, 0.4) is 0 Å². The third-order valence-corrected chi connectivity index (χ3v) is 8.81. The van der Waals surface area contributed by atoms with Crippen molar-refractivity contribution in [2.45, 2.75) is 108 Å². The first kappa shape index (κ1) is 24.8. The molecule has 4 aliphatic rings. The molecule has 202 valence electrons. The van der Waals surface area contributed by atoms with Crippen molar-refractivity contribution in [1.29, 1.82) is 0 Å². The van der Waals surface area contributed by atoms with Crippen LogP contribution >= 0.6 is 0 Å². The minimum Gasteiger partial charge on any atom is -0.381 e. The van der Waals surface area contributed by atoms with Crippen molar-refractivity contribution in [3.63, 3.8) is 0 Å². The van der Waals surface area contributed by atoms with E-state index in [1.54, 1.807) is 12.4 Å². The van der Waals surface area contributed by atoms with Crippen LogP contribution in [0.1, 0.15) is 83.1 Å². The van der Waals surface area contributed by atoms with Gasteiger partial charge >= 0.3 is 0 Å². The minimum absolute atomic E-state index is 0.0515. The molecule has 0 radical (unpaired) electrons. The molecule has 1 unspecified atom stereocenters. The average molecular weight is 522 g/mol. The third-order valence-electron chi connectivity index (χ3n) is 8.81. The van der Waals surface area contributed by atoms with Gasteiger partial charge in [0, 0.05) is 49.3 Å². The minimum atomic E-state index is -1.86. The zero-order valence-electron chi connectivity index (χ0n) is 21.8. The number of fused-ring (bicyclic) bond motifs is 1. The zero-order chi connectivity index (χ0) is 26.4. The lowest BCUT2D eigenvalue weighted by molar-refractivity contribution is -0.170. The first-order chi connectivity index (χ1) is 18.4. The number of aryl methyl sites for hydroxylation is 1. The number of aromatic nitrogens is 3. The van der Waals surface area contributed by atoms with E-state index in [0.717, 1.165) is 68.1 Å². The predicted molar refractivity (Wildman–Crippen MR) is 140 cm³/mol. The zero-order valence-corrected chi connectivity index (χ0v) is 21.8. The first-order valence-corrected chi connectivity index (χ1v) is 13.9. The van der Waals surface area contributed by atoms with Gasteiger partial charge in [-0.15, -0.1) is 0 Å². The van der Waals surface area contributed by atoms with E-state index in [-0.39, 0.29) is 36.2 Å². The van der Waals surface area contributed by atoms with Crippen LogP contribution in [0.25, 0.3) is 11.0 Å². The fourth-order valence-corrected chi connectivity index (χ4v) is 6.02. The molecule has 3 heterocycles. The fraction of sp³-hybridized carbons (Fsp3) is 0.630. The molecule has 0 bridgehead atoms. The number of anilines is 1. The van der Waals surface area contributed by atoms with E-state index in [2.05, 4.69) is 20.6 Å². The van der Waals surface area contributed by atoms with E-state index in [0.29, 0.717) is 30.7 Å². The van der Waals surface area contributed by atoms with Crippen LogP contribution in [0.5, 0.6) is 0 Å². The summed E-state index contributed by atoms with van der Waals surface area (Å²) in [6.45, 7) is 2.66. The van der Waals surface area contributed by atoms with Crippen molar-refractivity contribution in [1.82, 2.24) is 19.7 Å². The number of carbonyl (C=O) groups excluding carboxylic acids is 3. The lowest BCUT2D eigenvalue weighted by Gasteiger charge is -2.48. The maximum Gasteiger partial charge on any atom is 0.297 e. The number of nitrogens with zero attached hydrogens (tertiary/aromatic N) is 5. The monoisotopic (exact) mass is 521 g/mol. The Morgan fingerprint density at radius 2 is 1.82 bits per heavy atom. The molecule has 1 aliphatic heterocycles. The van der Waals surface area contributed by atoms with Crippen molar-refractivity contribution < 1.29 is 19.2 Å². The Morgan fingerprint density at radius 3 is 2.39 bits per heavy atom. The van der Waals surface area contributed by atoms with E-state index in [1.165, 1.54) is 0 Å². The maximum atomic E-state index is 14.0. The number of nitrogens with two attached hydrogens (primary N) is 1. The van der Waals surface area contributed by atoms with Gasteiger partial charge in [0.2, 0.25) is 0 Å². The van der Waals surface area contributed by atoms with E-state index in [1.807, 2.05) is 16.5 Å². The molecular weight excluding hydrogens is 486 g/mol. The van der Waals surface area contributed by atoms with E-state index in [4.69, 9.17) is 10.6 Å². The second-order valence-corrected chi connectivity index (χ2v) is 11.1. The molecule has 6 rings (SSSR count). The number of carbonyl (C=O) groups is 3. The van der Waals surface area contributed by atoms with Gasteiger partial charge in [-0.3, -0.25) is 14.4 Å². The van der Waals surface area contributed by atoms with Crippen LogP contribution in [0, 0.1) is 0 Å². The molecule has 3 fully saturated rings. The molecule has 11 heteroatoms. The molecule has 3 saturated carbocycles. The second-order valence-electron chi connectivity index (χ2n) is 11.1. The summed E-state index contributed by atoms with van der Waals surface area (Å²) in [7, 11) is 0. The van der Waals surface area contributed by atoms with Gasteiger partial charge in [0.05, 0.1) is 29.4 Å². The summed E-state index contributed by atoms with van der Waals surface area (Å²) in [5.74, 6) is -0.910. The van der Waals surface area contributed by atoms with Crippen LogP contribution in [-0.4, -0.2) is 66.7 Å². The van der Waals surface area contributed by atoms with Crippen molar-refractivity contribution >= 4 is 40.0 Å². The second kappa shape index (κ2) is 9.67. The maximum absolute atomic E-state index is 14.0. The van der Waals surface area contributed by atoms with Crippen LogP contribution in [0.15, 0.2) is 17.5 Å². The topological polar surface area (TPSA) is 145 Å². The number of primary amides is 1. The van der Waals surface area contributed by atoms with Crippen molar-refractivity contribution in [2.75, 3.05) is 5.32 Å².